The number of imidazole rings is 1. The molecule has 2 aromatic rings. The van der Waals surface area contributed by atoms with E-state index in [1.54, 1.807) is 6.20 Å². The molecule has 1 aromatic carbocycles. The number of benzene rings is 1. The molecular weight excluding hydrogens is 302 g/mol. The minimum Gasteiger partial charge on any atom is -0.347 e. The SMILES string of the molecule is CC(NCc1cc(Br)ccc1Cl)c1ncc[nH]1. The maximum absolute atomic E-state index is 6.12. The van der Waals surface area contributed by atoms with Crippen LogP contribution < -0.4 is 5.32 Å². The summed E-state index contributed by atoms with van der Waals surface area (Å²) in [6.45, 7) is 2.77. The molecule has 0 aliphatic carbocycles. The molecule has 5 heteroatoms. The first-order valence-electron chi connectivity index (χ1n) is 5.33. The van der Waals surface area contributed by atoms with Gasteiger partial charge in [0.1, 0.15) is 5.82 Å². The Balaban J connectivity index is 2.00. The van der Waals surface area contributed by atoms with E-state index in [9.17, 15) is 0 Å². The number of aromatic amines is 1. The van der Waals surface area contributed by atoms with Gasteiger partial charge >= 0.3 is 0 Å². The highest BCUT2D eigenvalue weighted by Gasteiger charge is 2.08. The molecule has 0 radical (unpaired) electrons. The maximum Gasteiger partial charge on any atom is 0.122 e. The normalized spacial score (nSPS) is 12.6. The molecule has 0 saturated carbocycles. The fourth-order valence-electron chi connectivity index (χ4n) is 1.55. The van der Waals surface area contributed by atoms with Crippen LogP contribution in [0.15, 0.2) is 35.1 Å². The van der Waals surface area contributed by atoms with E-state index in [2.05, 4.69) is 38.1 Å². The number of nitrogens with one attached hydrogen (secondary N) is 2. The fourth-order valence-corrected chi connectivity index (χ4v) is 2.15. The molecular formula is C12H13BrClN3. The molecule has 0 fully saturated rings. The van der Waals surface area contributed by atoms with Crippen LogP contribution in [0, 0.1) is 0 Å². The minimum absolute atomic E-state index is 0.167. The first-order chi connectivity index (χ1) is 8.16. The predicted octanol–water partition coefficient (Wildman–Crippen LogP) is 3.68. The molecule has 0 aliphatic rings. The van der Waals surface area contributed by atoms with Gasteiger partial charge in [0.15, 0.2) is 0 Å². The summed E-state index contributed by atoms with van der Waals surface area (Å²) in [7, 11) is 0. The lowest BCUT2D eigenvalue weighted by Crippen LogP contribution is -2.19. The van der Waals surface area contributed by atoms with Crippen molar-refractivity contribution in [2.45, 2.75) is 19.5 Å². The number of H-pyrrole nitrogens is 1. The van der Waals surface area contributed by atoms with E-state index in [1.165, 1.54) is 0 Å². The van der Waals surface area contributed by atoms with Crippen molar-refractivity contribution in [1.29, 1.82) is 0 Å². The van der Waals surface area contributed by atoms with Crippen molar-refractivity contribution in [3.05, 3.63) is 51.5 Å². The quantitative estimate of drug-likeness (QED) is 0.904. The van der Waals surface area contributed by atoms with Crippen LogP contribution in [0.5, 0.6) is 0 Å². The summed E-state index contributed by atoms with van der Waals surface area (Å²) >= 11 is 9.56. The Morgan fingerprint density at radius 1 is 1.53 bits per heavy atom. The Morgan fingerprint density at radius 3 is 3.06 bits per heavy atom. The van der Waals surface area contributed by atoms with Gasteiger partial charge in [-0.2, -0.15) is 0 Å². The van der Waals surface area contributed by atoms with Crippen molar-refractivity contribution in [1.82, 2.24) is 15.3 Å². The molecule has 0 aliphatic heterocycles. The van der Waals surface area contributed by atoms with Crippen LogP contribution in [0.2, 0.25) is 5.02 Å². The summed E-state index contributed by atoms with van der Waals surface area (Å²) in [5, 5.41) is 4.14. The van der Waals surface area contributed by atoms with Gasteiger partial charge in [0.25, 0.3) is 0 Å². The summed E-state index contributed by atoms with van der Waals surface area (Å²) in [6.07, 6.45) is 3.57. The summed E-state index contributed by atoms with van der Waals surface area (Å²) in [5.74, 6) is 0.927. The molecule has 1 unspecified atom stereocenters. The topological polar surface area (TPSA) is 40.7 Å². The molecule has 0 amide bonds. The Labute approximate surface area is 114 Å². The van der Waals surface area contributed by atoms with Crippen molar-refractivity contribution < 1.29 is 0 Å². The number of rotatable bonds is 4. The van der Waals surface area contributed by atoms with Crippen LogP contribution in [-0.2, 0) is 6.54 Å². The molecule has 0 spiro atoms. The molecule has 0 bridgehead atoms. The van der Waals surface area contributed by atoms with Gasteiger partial charge in [-0.25, -0.2) is 4.98 Å². The van der Waals surface area contributed by atoms with Crippen molar-refractivity contribution in [2.24, 2.45) is 0 Å². The third kappa shape index (κ3) is 3.31. The maximum atomic E-state index is 6.12. The second-order valence-electron chi connectivity index (χ2n) is 3.81. The Bertz CT molecular complexity index is 485. The lowest BCUT2D eigenvalue weighted by atomic mass is 10.2. The second-order valence-corrected chi connectivity index (χ2v) is 5.14. The van der Waals surface area contributed by atoms with E-state index in [0.29, 0.717) is 6.54 Å². The zero-order chi connectivity index (χ0) is 12.3. The molecule has 17 heavy (non-hydrogen) atoms. The Morgan fingerprint density at radius 2 is 2.35 bits per heavy atom. The van der Waals surface area contributed by atoms with Crippen LogP contribution in [0.1, 0.15) is 24.4 Å². The molecule has 90 valence electrons. The number of halogens is 2. The fraction of sp³-hybridized carbons (Fsp3) is 0.250. The lowest BCUT2D eigenvalue weighted by Gasteiger charge is -2.12. The number of hydrogen-bond donors (Lipinski definition) is 2. The molecule has 3 nitrogen and oxygen atoms in total. The van der Waals surface area contributed by atoms with Crippen LogP contribution in [0.25, 0.3) is 0 Å². The van der Waals surface area contributed by atoms with Crippen molar-refractivity contribution >= 4 is 27.5 Å². The van der Waals surface area contributed by atoms with Crippen LogP contribution in [0.4, 0.5) is 0 Å². The number of nitrogens with zero attached hydrogens (tertiary/aromatic N) is 1. The smallest absolute Gasteiger partial charge is 0.122 e. The van der Waals surface area contributed by atoms with E-state index >= 15 is 0 Å². The van der Waals surface area contributed by atoms with Crippen molar-refractivity contribution in [3.63, 3.8) is 0 Å². The molecule has 1 heterocycles. The third-order valence-electron chi connectivity index (χ3n) is 2.54. The zero-order valence-electron chi connectivity index (χ0n) is 9.37. The Kier molecular flexibility index (Phi) is 4.20. The van der Waals surface area contributed by atoms with Crippen molar-refractivity contribution in [2.75, 3.05) is 0 Å². The predicted molar refractivity (Wildman–Crippen MR) is 73.0 cm³/mol. The standard InChI is InChI=1S/C12H13BrClN3/c1-8(12-15-4-5-16-12)17-7-9-6-10(13)2-3-11(9)14/h2-6,8,17H,7H2,1H3,(H,15,16). The first-order valence-corrected chi connectivity index (χ1v) is 6.50. The summed E-state index contributed by atoms with van der Waals surface area (Å²) in [5.41, 5.74) is 1.07. The first kappa shape index (κ1) is 12.6. The Hall–Kier alpha value is -0.840. The van der Waals surface area contributed by atoms with Gasteiger partial charge in [-0.15, -0.1) is 0 Å². The highest BCUT2D eigenvalue weighted by Crippen LogP contribution is 2.21. The monoisotopic (exact) mass is 313 g/mol. The van der Waals surface area contributed by atoms with E-state index in [0.717, 1.165) is 20.9 Å². The van der Waals surface area contributed by atoms with Crippen LogP contribution in [0.3, 0.4) is 0 Å². The van der Waals surface area contributed by atoms with E-state index in [1.807, 2.05) is 24.4 Å². The lowest BCUT2D eigenvalue weighted by molar-refractivity contribution is 0.551. The summed E-state index contributed by atoms with van der Waals surface area (Å²) in [6, 6.07) is 6.01. The summed E-state index contributed by atoms with van der Waals surface area (Å²) < 4.78 is 1.03. The van der Waals surface area contributed by atoms with E-state index in [-0.39, 0.29) is 6.04 Å². The van der Waals surface area contributed by atoms with Crippen LogP contribution >= 0.6 is 27.5 Å². The molecule has 1 atom stereocenters. The molecule has 2 N–H and O–H groups in total. The number of aromatic nitrogens is 2. The second kappa shape index (κ2) is 5.67. The minimum atomic E-state index is 0.167. The average molecular weight is 315 g/mol. The largest absolute Gasteiger partial charge is 0.347 e. The van der Waals surface area contributed by atoms with Gasteiger partial charge in [0.05, 0.1) is 6.04 Å². The van der Waals surface area contributed by atoms with Gasteiger partial charge in [-0.1, -0.05) is 27.5 Å². The van der Waals surface area contributed by atoms with Gasteiger partial charge in [-0.3, -0.25) is 0 Å². The van der Waals surface area contributed by atoms with Gasteiger partial charge in [0, 0.05) is 28.4 Å². The molecule has 0 saturated heterocycles. The molecule has 2 rings (SSSR count). The summed E-state index contributed by atoms with van der Waals surface area (Å²) in [4.78, 5) is 7.29. The van der Waals surface area contributed by atoms with Crippen LogP contribution in [-0.4, -0.2) is 9.97 Å². The van der Waals surface area contributed by atoms with E-state index in [4.69, 9.17) is 11.6 Å². The van der Waals surface area contributed by atoms with Gasteiger partial charge < -0.3 is 10.3 Å². The van der Waals surface area contributed by atoms with E-state index < -0.39 is 0 Å². The highest BCUT2D eigenvalue weighted by atomic mass is 79.9. The zero-order valence-corrected chi connectivity index (χ0v) is 11.7. The molecule has 1 aromatic heterocycles. The number of hydrogen-bond acceptors (Lipinski definition) is 2. The average Bonchev–Trinajstić information content (AvgIpc) is 2.83. The third-order valence-corrected chi connectivity index (χ3v) is 3.40. The van der Waals surface area contributed by atoms with Gasteiger partial charge in [0.2, 0.25) is 0 Å². The highest BCUT2D eigenvalue weighted by molar-refractivity contribution is 9.10. The van der Waals surface area contributed by atoms with Gasteiger partial charge in [-0.05, 0) is 30.7 Å². The van der Waals surface area contributed by atoms with Crippen molar-refractivity contribution in [3.8, 4) is 0 Å².